The average molecular weight is 388 g/mol. The van der Waals surface area contributed by atoms with Crippen LogP contribution in [0.4, 0.5) is 10.2 Å². The number of aromatic nitrogens is 2. The summed E-state index contributed by atoms with van der Waals surface area (Å²) in [5.41, 5.74) is 6.75. The lowest BCUT2D eigenvalue weighted by atomic mass is 10.1. The van der Waals surface area contributed by atoms with Crippen LogP contribution >= 0.6 is 11.3 Å². The van der Waals surface area contributed by atoms with Gasteiger partial charge in [-0.05, 0) is 26.0 Å². The molecule has 0 aliphatic carbocycles. The van der Waals surface area contributed by atoms with Crippen LogP contribution in [0, 0.1) is 11.4 Å². The zero-order valence-electron chi connectivity index (χ0n) is 15.2. The number of halogens is 1. The van der Waals surface area contributed by atoms with E-state index >= 15 is 0 Å². The van der Waals surface area contributed by atoms with Crippen LogP contribution in [-0.4, -0.2) is 46.6 Å². The van der Waals surface area contributed by atoms with Crippen molar-refractivity contribution in [3.8, 4) is 10.6 Å². The molecule has 2 aromatic heterocycles. The van der Waals surface area contributed by atoms with Crippen molar-refractivity contribution in [3.63, 3.8) is 0 Å². The molecule has 1 aliphatic rings. The summed E-state index contributed by atoms with van der Waals surface area (Å²) in [6.45, 7) is 5.84. The lowest BCUT2D eigenvalue weighted by Gasteiger charge is -2.25. The lowest BCUT2D eigenvalue weighted by molar-refractivity contribution is 0.0805. The fraction of sp³-hybridized carbons (Fsp3) is 0.333. The van der Waals surface area contributed by atoms with Gasteiger partial charge in [-0.3, -0.25) is 4.79 Å². The largest absolute Gasteiger partial charge is 0.403 e. The highest BCUT2D eigenvalue weighted by Gasteiger charge is 2.30. The number of pyridine rings is 1. The fourth-order valence-corrected chi connectivity index (χ4v) is 4.09. The number of nitrogens with one attached hydrogen (secondary N) is 1. The van der Waals surface area contributed by atoms with Crippen LogP contribution in [0.3, 0.4) is 0 Å². The fourth-order valence-electron chi connectivity index (χ4n) is 3.02. The number of hydrogen-bond donors (Lipinski definition) is 2. The van der Waals surface area contributed by atoms with Crippen LogP contribution in [0.1, 0.15) is 29.2 Å². The SMILES string of the molecule is CCN(CC)c1ccc(-c2nc3c(s2)C(=O)N(/C(C=N)=C/N)CC3)c(F)n1. The molecule has 142 valence electrons. The molecule has 0 saturated carbocycles. The summed E-state index contributed by atoms with van der Waals surface area (Å²) >= 11 is 1.14. The van der Waals surface area contributed by atoms with Gasteiger partial charge in [0.05, 0.1) is 17.0 Å². The minimum atomic E-state index is -0.600. The number of anilines is 1. The zero-order valence-corrected chi connectivity index (χ0v) is 16.0. The molecule has 0 bridgehead atoms. The van der Waals surface area contributed by atoms with Gasteiger partial charge in [0.15, 0.2) is 0 Å². The Morgan fingerprint density at radius 1 is 1.41 bits per heavy atom. The molecular weight excluding hydrogens is 367 g/mol. The standard InChI is InChI=1S/C18H21FN6OS/c1-3-24(4-2)14-6-5-12(16(19)23-14)17-22-13-7-8-25(11(9-20)10-21)18(26)15(13)27-17/h5-6,9-10,20H,3-4,7-8,21H2,1-2H3/b11-10+,20-9?. The summed E-state index contributed by atoms with van der Waals surface area (Å²) in [5, 5.41) is 7.81. The minimum Gasteiger partial charge on any atom is -0.403 e. The molecule has 9 heteroatoms. The Balaban J connectivity index is 1.94. The molecule has 1 amide bonds. The van der Waals surface area contributed by atoms with Gasteiger partial charge in [0.2, 0.25) is 5.95 Å². The van der Waals surface area contributed by atoms with Gasteiger partial charge in [-0.1, -0.05) is 0 Å². The monoisotopic (exact) mass is 388 g/mol. The molecule has 3 rings (SSSR count). The molecule has 7 nitrogen and oxygen atoms in total. The number of rotatable bonds is 6. The highest BCUT2D eigenvalue weighted by Crippen LogP contribution is 2.34. The predicted octanol–water partition coefficient (Wildman–Crippen LogP) is 2.64. The highest BCUT2D eigenvalue weighted by atomic mass is 32.1. The van der Waals surface area contributed by atoms with E-state index in [9.17, 15) is 9.18 Å². The van der Waals surface area contributed by atoms with Crippen LogP contribution in [-0.2, 0) is 6.42 Å². The zero-order chi connectivity index (χ0) is 19.6. The van der Waals surface area contributed by atoms with E-state index in [1.54, 1.807) is 12.1 Å². The smallest absolute Gasteiger partial charge is 0.270 e. The molecule has 0 saturated heterocycles. The number of nitrogens with two attached hydrogens (primary N) is 1. The predicted molar refractivity (Wildman–Crippen MR) is 105 cm³/mol. The van der Waals surface area contributed by atoms with Crippen LogP contribution in [0.25, 0.3) is 10.6 Å². The van der Waals surface area contributed by atoms with Gasteiger partial charge < -0.3 is 20.9 Å². The van der Waals surface area contributed by atoms with Gasteiger partial charge in [0, 0.05) is 38.5 Å². The maximum Gasteiger partial charge on any atom is 0.270 e. The molecule has 0 fully saturated rings. The van der Waals surface area contributed by atoms with E-state index in [4.69, 9.17) is 11.1 Å². The maximum absolute atomic E-state index is 14.6. The summed E-state index contributed by atoms with van der Waals surface area (Å²) in [7, 11) is 0. The Morgan fingerprint density at radius 2 is 2.15 bits per heavy atom. The lowest BCUT2D eigenvalue weighted by Crippen LogP contribution is -2.37. The first-order chi connectivity index (χ1) is 13.0. The topological polar surface area (TPSA) is 99.2 Å². The highest BCUT2D eigenvalue weighted by molar-refractivity contribution is 7.17. The number of allylic oxidation sites excluding steroid dienone is 1. The molecular formula is C18H21FN6OS. The Hall–Kier alpha value is -2.81. The van der Waals surface area contributed by atoms with E-state index in [-0.39, 0.29) is 11.5 Å². The second-order valence-corrected chi connectivity index (χ2v) is 6.92. The van der Waals surface area contributed by atoms with Crippen LogP contribution in [0.15, 0.2) is 24.0 Å². The van der Waals surface area contributed by atoms with Crippen LogP contribution in [0.2, 0.25) is 0 Å². The third-order valence-electron chi connectivity index (χ3n) is 4.49. The summed E-state index contributed by atoms with van der Waals surface area (Å²) in [6, 6.07) is 3.43. The van der Waals surface area contributed by atoms with Crippen molar-refractivity contribution < 1.29 is 9.18 Å². The second-order valence-electron chi connectivity index (χ2n) is 5.92. The van der Waals surface area contributed by atoms with Crippen molar-refractivity contribution in [1.82, 2.24) is 14.9 Å². The third kappa shape index (κ3) is 3.42. The normalized spacial score (nSPS) is 14.3. The van der Waals surface area contributed by atoms with E-state index in [0.717, 1.165) is 30.6 Å². The van der Waals surface area contributed by atoms with Gasteiger partial charge in [-0.25, -0.2) is 9.97 Å². The Morgan fingerprint density at radius 3 is 2.74 bits per heavy atom. The number of carbonyl (C=O) groups is 1. The number of amides is 1. The molecule has 27 heavy (non-hydrogen) atoms. The maximum atomic E-state index is 14.6. The number of carbonyl (C=O) groups excluding carboxylic acids is 1. The van der Waals surface area contributed by atoms with E-state index in [1.807, 2.05) is 18.7 Å². The molecule has 0 unspecified atom stereocenters. The average Bonchev–Trinajstić information content (AvgIpc) is 3.10. The Kier molecular flexibility index (Phi) is 5.50. The van der Waals surface area contributed by atoms with E-state index in [1.165, 1.54) is 11.1 Å². The van der Waals surface area contributed by atoms with Crippen molar-refractivity contribution >= 4 is 29.3 Å². The van der Waals surface area contributed by atoms with Gasteiger partial charge in [-0.15, -0.1) is 11.3 Å². The number of hydrogen-bond acceptors (Lipinski definition) is 7. The molecule has 3 N–H and O–H groups in total. The van der Waals surface area contributed by atoms with Crippen molar-refractivity contribution in [1.29, 1.82) is 5.41 Å². The molecule has 0 aromatic carbocycles. The summed E-state index contributed by atoms with van der Waals surface area (Å²) in [4.78, 5) is 25.1. The van der Waals surface area contributed by atoms with Crippen molar-refractivity contribution in [2.45, 2.75) is 20.3 Å². The first kappa shape index (κ1) is 19.0. The van der Waals surface area contributed by atoms with Gasteiger partial charge in [0.25, 0.3) is 5.91 Å². The summed E-state index contributed by atoms with van der Waals surface area (Å²) < 4.78 is 14.6. The quantitative estimate of drug-likeness (QED) is 0.585. The van der Waals surface area contributed by atoms with E-state index in [2.05, 4.69) is 9.97 Å². The Bertz CT molecular complexity index is 905. The van der Waals surface area contributed by atoms with E-state index < -0.39 is 5.95 Å². The first-order valence-electron chi connectivity index (χ1n) is 8.69. The van der Waals surface area contributed by atoms with Crippen molar-refractivity contribution in [2.75, 3.05) is 24.5 Å². The van der Waals surface area contributed by atoms with Crippen molar-refractivity contribution in [3.05, 3.63) is 40.5 Å². The number of nitrogens with zero attached hydrogens (tertiary/aromatic N) is 4. The Labute approximate surface area is 160 Å². The third-order valence-corrected chi connectivity index (χ3v) is 5.61. The van der Waals surface area contributed by atoms with Gasteiger partial charge in [0.1, 0.15) is 15.7 Å². The van der Waals surface area contributed by atoms with Crippen LogP contribution < -0.4 is 10.6 Å². The molecule has 1 aliphatic heterocycles. The summed E-state index contributed by atoms with van der Waals surface area (Å²) in [6.07, 6.45) is 2.79. The number of thiazole rings is 1. The number of fused-ring (bicyclic) bond motifs is 1. The first-order valence-corrected chi connectivity index (χ1v) is 9.51. The van der Waals surface area contributed by atoms with E-state index in [0.29, 0.717) is 40.1 Å². The molecule has 2 aromatic rings. The minimum absolute atomic E-state index is 0.270. The molecule has 0 atom stereocenters. The van der Waals surface area contributed by atoms with Gasteiger partial charge in [-0.2, -0.15) is 4.39 Å². The molecule has 0 radical (unpaired) electrons. The summed E-state index contributed by atoms with van der Waals surface area (Å²) in [5.74, 6) is -0.293. The second kappa shape index (κ2) is 7.83. The van der Waals surface area contributed by atoms with Gasteiger partial charge >= 0.3 is 0 Å². The molecule has 0 spiro atoms. The molecule has 3 heterocycles. The van der Waals surface area contributed by atoms with Crippen molar-refractivity contribution in [2.24, 2.45) is 5.73 Å². The van der Waals surface area contributed by atoms with Crippen LogP contribution in [0.5, 0.6) is 0 Å².